The number of rotatable bonds is 15. The Morgan fingerprint density at radius 3 is 2.56 bits per heavy atom. The summed E-state index contributed by atoms with van der Waals surface area (Å²) in [7, 11) is 3.29. The highest BCUT2D eigenvalue weighted by atomic mass is 16.5. The number of benzene rings is 1. The zero-order valence-electron chi connectivity index (χ0n) is 24.5. The summed E-state index contributed by atoms with van der Waals surface area (Å²) in [5.41, 5.74) is 3.26. The Labute approximate surface area is 235 Å². The minimum absolute atomic E-state index is 0.0229. The molecule has 1 aromatic rings. The molecule has 7 nitrogen and oxygen atoms in total. The molecule has 2 N–H and O–H groups in total. The molecular formula is C32H50N2O5. The zero-order valence-corrected chi connectivity index (χ0v) is 24.5. The van der Waals surface area contributed by atoms with E-state index in [1.807, 2.05) is 23.1 Å². The quantitative estimate of drug-likeness (QED) is 0.110. The van der Waals surface area contributed by atoms with E-state index in [4.69, 9.17) is 9.47 Å². The Morgan fingerprint density at radius 1 is 1.10 bits per heavy atom. The van der Waals surface area contributed by atoms with Crippen LogP contribution >= 0.6 is 0 Å². The van der Waals surface area contributed by atoms with Gasteiger partial charge in [0.1, 0.15) is 0 Å². The van der Waals surface area contributed by atoms with Crippen molar-refractivity contribution in [1.82, 2.24) is 4.90 Å². The first-order valence-electron chi connectivity index (χ1n) is 15.0. The molecule has 0 bridgehead atoms. The number of allylic oxidation sites excluding steroid dienone is 1. The number of hydrogen-bond donors (Lipinski definition) is 2. The van der Waals surface area contributed by atoms with Crippen LogP contribution in [0.4, 0.5) is 0 Å². The lowest BCUT2D eigenvalue weighted by atomic mass is 9.89. The second kappa shape index (κ2) is 15.9. The van der Waals surface area contributed by atoms with E-state index < -0.39 is 0 Å². The molecule has 1 aliphatic carbocycles. The summed E-state index contributed by atoms with van der Waals surface area (Å²) in [4.78, 5) is 15.1. The lowest BCUT2D eigenvalue weighted by molar-refractivity contribution is -0.133. The summed E-state index contributed by atoms with van der Waals surface area (Å²) < 4.78 is 10.9. The smallest absolute Gasteiger partial charge is 0.223 e. The Balaban J connectivity index is 1.41. The number of methoxy groups -OCH3 is 2. The molecule has 0 aromatic heterocycles. The normalized spacial score (nSPS) is 22.8. The van der Waals surface area contributed by atoms with Crippen molar-refractivity contribution in [2.24, 2.45) is 17.0 Å². The Kier molecular flexibility index (Phi) is 12.6. The molecule has 1 saturated carbocycles. The molecular weight excluding hydrogens is 492 g/mol. The van der Waals surface area contributed by atoms with Gasteiger partial charge in [0, 0.05) is 18.9 Å². The summed E-state index contributed by atoms with van der Waals surface area (Å²) in [5, 5.41) is 23.4. The van der Waals surface area contributed by atoms with E-state index in [0.717, 1.165) is 101 Å². The molecule has 4 unspecified atom stereocenters. The van der Waals surface area contributed by atoms with Crippen molar-refractivity contribution in [3.05, 3.63) is 35.4 Å². The van der Waals surface area contributed by atoms with Crippen LogP contribution in [0, 0.1) is 11.8 Å². The second-order valence-electron chi connectivity index (χ2n) is 11.2. The number of ether oxygens (including phenoxy) is 2. The maximum Gasteiger partial charge on any atom is 0.223 e. The van der Waals surface area contributed by atoms with Crippen LogP contribution in [0.1, 0.15) is 108 Å². The van der Waals surface area contributed by atoms with Crippen molar-refractivity contribution in [2.45, 2.75) is 109 Å². The lowest BCUT2D eigenvalue weighted by Gasteiger charge is -2.36. The summed E-state index contributed by atoms with van der Waals surface area (Å²) in [6, 6.07) is 4.08. The van der Waals surface area contributed by atoms with Gasteiger partial charge in [-0.25, -0.2) is 0 Å². The average molecular weight is 543 g/mol. The van der Waals surface area contributed by atoms with E-state index >= 15 is 0 Å². The number of aliphatic hydroxyl groups is 1. The van der Waals surface area contributed by atoms with Crippen LogP contribution in [-0.2, 0) is 11.2 Å². The highest BCUT2D eigenvalue weighted by molar-refractivity contribution is 5.88. The molecule has 1 amide bonds. The van der Waals surface area contributed by atoms with Gasteiger partial charge in [-0.1, -0.05) is 62.8 Å². The minimum atomic E-state index is -0.384. The van der Waals surface area contributed by atoms with E-state index in [0.29, 0.717) is 18.1 Å². The van der Waals surface area contributed by atoms with Crippen LogP contribution in [0.2, 0.25) is 0 Å². The molecule has 3 rings (SSSR count). The summed E-state index contributed by atoms with van der Waals surface area (Å²) in [6.45, 7) is 5.00. The molecule has 0 spiro atoms. The second-order valence-corrected chi connectivity index (χ2v) is 11.2. The Bertz CT molecular complexity index is 976. The Hall–Kier alpha value is -2.54. The number of oxime groups is 1. The van der Waals surface area contributed by atoms with Crippen LogP contribution < -0.4 is 9.47 Å². The maximum atomic E-state index is 13.1. The van der Waals surface area contributed by atoms with E-state index in [2.05, 4.69) is 25.1 Å². The van der Waals surface area contributed by atoms with E-state index in [1.165, 1.54) is 5.56 Å². The van der Waals surface area contributed by atoms with Gasteiger partial charge >= 0.3 is 0 Å². The van der Waals surface area contributed by atoms with Gasteiger partial charge < -0.3 is 24.7 Å². The van der Waals surface area contributed by atoms with Gasteiger partial charge in [0.25, 0.3) is 0 Å². The fourth-order valence-corrected chi connectivity index (χ4v) is 6.28. The molecule has 1 fully saturated rings. The monoisotopic (exact) mass is 542 g/mol. The van der Waals surface area contributed by atoms with Crippen molar-refractivity contribution < 1.29 is 24.6 Å². The number of fused-ring (bicyclic) bond motifs is 1. The molecule has 0 saturated heterocycles. The molecule has 1 heterocycles. The van der Waals surface area contributed by atoms with Gasteiger partial charge in [0.05, 0.1) is 32.1 Å². The van der Waals surface area contributed by atoms with Crippen LogP contribution in [0.3, 0.4) is 0 Å². The SMILES string of the molecule is CCCCCC(O)C=CC1CCC(=NO)C1CCCCCCC(=O)N1CCc2cc(OC)c(OC)cc2C1C. The highest BCUT2D eigenvalue weighted by Crippen LogP contribution is 2.38. The lowest BCUT2D eigenvalue weighted by Crippen LogP contribution is -2.38. The summed E-state index contributed by atoms with van der Waals surface area (Å²) in [6.07, 6.45) is 16.1. The largest absolute Gasteiger partial charge is 0.493 e. The summed E-state index contributed by atoms with van der Waals surface area (Å²) in [5.74, 6) is 2.24. The van der Waals surface area contributed by atoms with Crippen molar-refractivity contribution in [1.29, 1.82) is 0 Å². The number of aliphatic hydroxyl groups excluding tert-OH is 1. The summed E-state index contributed by atoms with van der Waals surface area (Å²) >= 11 is 0. The molecule has 1 aromatic carbocycles. The first kappa shape index (κ1) is 31.0. The van der Waals surface area contributed by atoms with Crippen LogP contribution in [0.5, 0.6) is 11.5 Å². The average Bonchev–Trinajstić information content (AvgIpc) is 3.34. The van der Waals surface area contributed by atoms with Crippen molar-refractivity contribution in [3.63, 3.8) is 0 Å². The van der Waals surface area contributed by atoms with Crippen molar-refractivity contribution in [3.8, 4) is 11.5 Å². The van der Waals surface area contributed by atoms with E-state index in [9.17, 15) is 15.1 Å². The van der Waals surface area contributed by atoms with Crippen LogP contribution in [-0.4, -0.2) is 53.7 Å². The van der Waals surface area contributed by atoms with Crippen molar-refractivity contribution >= 4 is 11.6 Å². The number of amides is 1. The number of carbonyl (C=O) groups excluding carboxylic acids is 1. The first-order chi connectivity index (χ1) is 18.9. The fraction of sp³-hybridized carbons (Fsp3) is 0.688. The minimum Gasteiger partial charge on any atom is -0.493 e. The molecule has 0 radical (unpaired) electrons. The first-order valence-corrected chi connectivity index (χ1v) is 15.0. The van der Waals surface area contributed by atoms with Crippen molar-refractivity contribution in [2.75, 3.05) is 20.8 Å². The third-order valence-corrected chi connectivity index (χ3v) is 8.65. The van der Waals surface area contributed by atoms with Gasteiger partial charge in [-0.05, 0) is 74.6 Å². The third-order valence-electron chi connectivity index (χ3n) is 8.65. The van der Waals surface area contributed by atoms with E-state index in [-0.39, 0.29) is 24.0 Å². The van der Waals surface area contributed by atoms with Gasteiger partial charge in [0.15, 0.2) is 11.5 Å². The number of hydrogen-bond acceptors (Lipinski definition) is 6. The molecule has 218 valence electrons. The molecule has 1 aliphatic heterocycles. The highest BCUT2D eigenvalue weighted by Gasteiger charge is 2.32. The topological polar surface area (TPSA) is 91.6 Å². The van der Waals surface area contributed by atoms with Gasteiger partial charge in [-0.2, -0.15) is 0 Å². The number of carbonyl (C=O) groups is 1. The Morgan fingerprint density at radius 2 is 1.85 bits per heavy atom. The van der Waals surface area contributed by atoms with Gasteiger partial charge in [0.2, 0.25) is 5.91 Å². The third kappa shape index (κ3) is 8.47. The predicted molar refractivity (Wildman–Crippen MR) is 156 cm³/mol. The van der Waals surface area contributed by atoms with Crippen LogP contribution in [0.15, 0.2) is 29.4 Å². The van der Waals surface area contributed by atoms with E-state index in [1.54, 1.807) is 14.2 Å². The maximum absolute atomic E-state index is 13.1. The standard InChI is InChI=1S/C32H50N2O5/c1-5-6-9-12-26(35)17-15-24-16-18-29(33-37)27(24)13-10-7-8-11-14-32(36)34-20-19-25-21-30(38-3)31(39-4)22-28(25)23(34)2/h15,17,21-24,26-27,35,37H,5-14,16,18-20H2,1-4H3. The molecule has 7 heteroatoms. The predicted octanol–water partition coefficient (Wildman–Crippen LogP) is 6.84. The molecule has 2 aliphatic rings. The van der Waals surface area contributed by atoms with Crippen LogP contribution in [0.25, 0.3) is 0 Å². The molecule has 39 heavy (non-hydrogen) atoms. The number of nitrogens with zero attached hydrogens (tertiary/aromatic N) is 2. The molecule has 4 atom stereocenters. The zero-order chi connectivity index (χ0) is 28.2. The fourth-order valence-electron chi connectivity index (χ4n) is 6.28. The van der Waals surface area contributed by atoms with Gasteiger partial charge in [-0.3, -0.25) is 4.79 Å². The number of unbranched alkanes of at least 4 members (excludes halogenated alkanes) is 5. The van der Waals surface area contributed by atoms with Gasteiger partial charge in [-0.15, -0.1) is 0 Å².